The number of hydrogen-bond acceptors (Lipinski definition) is 3. The highest BCUT2D eigenvalue weighted by Crippen LogP contribution is 2.22. The van der Waals surface area contributed by atoms with Crippen molar-refractivity contribution in [1.82, 2.24) is 4.90 Å². The second-order valence-corrected chi connectivity index (χ2v) is 5.54. The number of carbonyl (C=O) groups excluding carboxylic acids is 1. The van der Waals surface area contributed by atoms with Crippen LogP contribution in [0.4, 0.5) is 0 Å². The van der Waals surface area contributed by atoms with Gasteiger partial charge in [0.15, 0.2) is 0 Å². The maximum absolute atomic E-state index is 11.8. The van der Waals surface area contributed by atoms with Crippen LogP contribution in [0.3, 0.4) is 0 Å². The van der Waals surface area contributed by atoms with Gasteiger partial charge in [0, 0.05) is 31.3 Å². The van der Waals surface area contributed by atoms with Gasteiger partial charge in [-0.25, -0.2) is 0 Å². The van der Waals surface area contributed by atoms with Gasteiger partial charge in [-0.1, -0.05) is 0 Å². The molecule has 1 heterocycles. The molecule has 2 unspecified atom stereocenters. The Labute approximate surface area is 96.8 Å². The Balaban J connectivity index is 2.20. The lowest BCUT2D eigenvalue weighted by Crippen LogP contribution is -2.36. The summed E-state index contributed by atoms with van der Waals surface area (Å²) in [5.41, 5.74) is 5.65. The fourth-order valence-corrected chi connectivity index (χ4v) is 3.05. The van der Waals surface area contributed by atoms with Crippen molar-refractivity contribution in [2.45, 2.75) is 44.7 Å². The maximum Gasteiger partial charge on any atom is 0.222 e. The monoisotopic (exact) mass is 230 g/mol. The van der Waals surface area contributed by atoms with E-state index in [-0.39, 0.29) is 11.9 Å². The molecule has 0 aromatic heterocycles. The van der Waals surface area contributed by atoms with Crippen molar-refractivity contribution in [1.29, 1.82) is 0 Å². The van der Waals surface area contributed by atoms with E-state index in [9.17, 15) is 4.79 Å². The quantitative estimate of drug-likeness (QED) is 0.778. The smallest absolute Gasteiger partial charge is 0.222 e. The van der Waals surface area contributed by atoms with E-state index >= 15 is 0 Å². The Morgan fingerprint density at radius 3 is 2.93 bits per heavy atom. The van der Waals surface area contributed by atoms with E-state index in [0.29, 0.717) is 12.5 Å². The molecule has 1 aliphatic rings. The van der Waals surface area contributed by atoms with Crippen LogP contribution in [0.15, 0.2) is 0 Å². The number of hydrogen-bond donors (Lipinski definition) is 1. The van der Waals surface area contributed by atoms with Crippen molar-refractivity contribution in [3.63, 3.8) is 0 Å². The van der Waals surface area contributed by atoms with E-state index < -0.39 is 0 Å². The van der Waals surface area contributed by atoms with Gasteiger partial charge in [-0.2, -0.15) is 11.8 Å². The van der Waals surface area contributed by atoms with E-state index in [2.05, 4.69) is 0 Å². The Hall–Kier alpha value is -0.220. The zero-order valence-corrected chi connectivity index (χ0v) is 10.6. The van der Waals surface area contributed by atoms with E-state index in [1.54, 1.807) is 0 Å². The topological polar surface area (TPSA) is 46.3 Å². The van der Waals surface area contributed by atoms with Crippen LogP contribution in [0.2, 0.25) is 0 Å². The molecule has 88 valence electrons. The molecule has 15 heavy (non-hydrogen) atoms. The molecule has 0 aromatic rings. The normalized spacial score (nSPS) is 22.7. The predicted molar refractivity (Wildman–Crippen MR) is 66.0 cm³/mol. The maximum atomic E-state index is 11.8. The number of nitrogens with two attached hydrogens (primary N) is 1. The van der Waals surface area contributed by atoms with Crippen molar-refractivity contribution in [3.8, 4) is 0 Å². The average molecular weight is 230 g/mol. The van der Waals surface area contributed by atoms with Crippen molar-refractivity contribution in [2.24, 2.45) is 5.73 Å². The van der Waals surface area contributed by atoms with Gasteiger partial charge in [-0.3, -0.25) is 4.79 Å². The van der Waals surface area contributed by atoms with Gasteiger partial charge in [0.1, 0.15) is 0 Å². The Bertz CT molecular complexity index is 203. The molecule has 0 aromatic carbocycles. The summed E-state index contributed by atoms with van der Waals surface area (Å²) >= 11 is 1.94. The van der Waals surface area contributed by atoms with Crippen LogP contribution in [-0.2, 0) is 4.79 Å². The van der Waals surface area contributed by atoms with Crippen LogP contribution in [0.5, 0.6) is 0 Å². The molecule has 0 saturated carbocycles. The molecule has 1 fully saturated rings. The van der Waals surface area contributed by atoms with Gasteiger partial charge in [0.05, 0.1) is 0 Å². The highest BCUT2D eigenvalue weighted by molar-refractivity contribution is 7.99. The molecule has 0 radical (unpaired) electrons. The number of rotatable bonds is 5. The second-order valence-electron chi connectivity index (χ2n) is 4.39. The number of amides is 1. The summed E-state index contributed by atoms with van der Waals surface area (Å²) in [6, 6.07) is 0.683. The van der Waals surface area contributed by atoms with Crippen molar-refractivity contribution in [2.75, 3.05) is 18.6 Å². The van der Waals surface area contributed by atoms with Crippen LogP contribution < -0.4 is 5.73 Å². The largest absolute Gasteiger partial charge is 0.342 e. The standard InChI is InChI=1S/C11H22N2OS/c1-9(12)4-3-5-11(14)13(2)10-6-7-15-8-10/h9-10H,3-8,12H2,1-2H3. The average Bonchev–Trinajstić information content (AvgIpc) is 2.68. The third-order valence-electron chi connectivity index (χ3n) is 2.90. The number of carbonyl (C=O) groups is 1. The van der Waals surface area contributed by atoms with E-state index in [0.717, 1.165) is 25.0 Å². The summed E-state index contributed by atoms with van der Waals surface area (Å²) in [6.07, 6.45) is 3.67. The Morgan fingerprint density at radius 1 is 1.67 bits per heavy atom. The molecule has 0 aliphatic carbocycles. The SMILES string of the molecule is CC(N)CCCC(=O)N(C)C1CCSC1. The number of thioether (sulfide) groups is 1. The molecular formula is C11H22N2OS. The first-order valence-corrected chi connectivity index (χ1v) is 6.85. The lowest BCUT2D eigenvalue weighted by Gasteiger charge is -2.23. The first-order valence-electron chi connectivity index (χ1n) is 5.70. The van der Waals surface area contributed by atoms with Crippen molar-refractivity contribution >= 4 is 17.7 Å². The minimum Gasteiger partial charge on any atom is -0.342 e. The fraction of sp³-hybridized carbons (Fsp3) is 0.909. The summed E-state index contributed by atoms with van der Waals surface area (Å²) in [7, 11) is 1.94. The molecule has 1 amide bonds. The van der Waals surface area contributed by atoms with E-state index in [1.807, 2.05) is 30.6 Å². The van der Waals surface area contributed by atoms with Gasteiger partial charge in [-0.15, -0.1) is 0 Å². The van der Waals surface area contributed by atoms with Gasteiger partial charge >= 0.3 is 0 Å². The highest BCUT2D eigenvalue weighted by atomic mass is 32.2. The summed E-state index contributed by atoms with van der Waals surface area (Å²) in [5, 5.41) is 0. The van der Waals surface area contributed by atoms with Gasteiger partial charge < -0.3 is 10.6 Å². The summed E-state index contributed by atoms with van der Waals surface area (Å²) in [6.45, 7) is 1.99. The van der Waals surface area contributed by atoms with Gasteiger partial charge in [0.2, 0.25) is 5.91 Å². The summed E-state index contributed by atoms with van der Waals surface area (Å²) in [5.74, 6) is 2.58. The van der Waals surface area contributed by atoms with E-state index in [1.165, 1.54) is 5.75 Å². The Kier molecular flexibility index (Phi) is 5.47. The molecule has 2 N–H and O–H groups in total. The van der Waals surface area contributed by atoms with E-state index in [4.69, 9.17) is 5.73 Å². The molecule has 1 saturated heterocycles. The molecule has 0 spiro atoms. The lowest BCUT2D eigenvalue weighted by atomic mass is 10.1. The second kappa shape index (κ2) is 6.38. The van der Waals surface area contributed by atoms with Crippen LogP contribution >= 0.6 is 11.8 Å². The van der Waals surface area contributed by atoms with Gasteiger partial charge in [0.25, 0.3) is 0 Å². The molecular weight excluding hydrogens is 208 g/mol. The first-order chi connectivity index (χ1) is 7.11. The highest BCUT2D eigenvalue weighted by Gasteiger charge is 2.23. The summed E-state index contributed by atoms with van der Waals surface area (Å²) < 4.78 is 0. The third kappa shape index (κ3) is 4.43. The molecule has 2 atom stereocenters. The zero-order valence-electron chi connectivity index (χ0n) is 9.74. The summed E-state index contributed by atoms with van der Waals surface area (Å²) in [4.78, 5) is 13.7. The molecule has 1 aliphatic heterocycles. The molecule has 4 heteroatoms. The fourth-order valence-electron chi connectivity index (χ4n) is 1.78. The zero-order chi connectivity index (χ0) is 11.3. The first kappa shape index (κ1) is 12.8. The third-order valence-corrected chi connectivity index (χ3v) is 4.04. The molecule has 3 nitrogen and oxygen atoms in total. The van der Waals surface area contributed by atoms with Crippen LogP contribution in [0.1, 0.15) is 32.6 Å². The molecule has 0 bridgehead atoms. The van der Waals surface area contributed by atoms with Crippen molar-refractivity contribution in [3.05, 3.63) is 0 Å². The van der Waals surface area contributed by atoms with Crippen LogP contribution in [0.25, 0.3) is 0 Å². The van der Waals surface area contributed by atoms with Crippen LogP contribution in [0, 0.1) is 0 Å². The van der Waals surface area contributed by atoms with Crippen molar-refractivity contribution < 1.29 is 4.79 Å². The molecule has 1 rings (SSSR count). The minimum absolute atomic E-state index is 0.213. The van der Waals surface area contributed by atoms with Crippen LogP contribution in [-0.4, -0.2) is 41.4 Å². The predicted octanol–water partition coefficient (Wildman–Crippen LogP) is 1.47. The number of nitrogens with zero attached hydrogens (tertiary/aromatic N) is 1. The lowest BCUT2D eigenvalue weighted by molar-refractivity contribution is -0.131. The minimum atomic E-state index is 0.213. The Morgan fingerprint density at radius 2 is 2.40 bits per heavy atom. The van der Waals surface area contributed by atoms with Gasteiger partial charge in [-0.05, 0) is 31.9 Å².